The Labute approximate surface area is 206 Å². The number of pyridine rings is 1. The molecule has 0 fully saturated rings. The number of nitrogens with zero attached hydrogens (tertiary/aromatic N) is 3. The highest BCUT2D eigenvalue weighted by molar-refractivity contribution is 7.09. The summed E-state index contributed by atoms with van der Waals surface area (Å²) in [5.41, 5.74) is 4.84. The lowest BCUT2D eigenvalue weighted by atomic mass is 9.80. The smallest absolute Gasteiger partial charge is 0.227 e. The van der Waals surface area contributed by atoms with Crippen LogP contribution in [0.5, 0.6) is 0 Å². The molecule has 178 valence electrons. The normalized spacial score (nSPS) is 14.0. The Hall–Kier alpha value is -3.85. The molecule has 0 aliphatic heterocycles. The van der Waals surface area contributed by atoms with Crippen molar-refractivity contribution >= 4 is 23.2 Å². The third-order valence-electron chi connectivity index (χ3n) is 6.52. The van der Waals surface area contributed by atoms with Crippen LogP contribution in [-0.4, -0.2) is 27.1 Å². The van der Waals surface area contributed by atoms with E-state index in [1.807, 2.05) is 53.7 Å². The lowest BCUT2D eigenvalue weighted by Gasteiger charge is -2.28. The molecule has 3 aromatic heterocycles. The van der Waals surface area contributed by atoms with Crippen LogP contribution < -0.4 is 15.0 Å². The lowest BCUT2D eigenvalue weighted by Crippen LogP contribution is -2.45. The second kappa shape index (κ2) is 9.42. The number of amides is 1. The number of fused-ring (bicyclic) bond motifs is 1. The van der Waals surface area contributed by atoms with E-state index < -0.39 is 11.4 Å². The quantitative estimate of drug-likeness (QED) is 0.366. The van der Waals surface area contributed by atoms with Crippen molar-refractivity contribution in [2.75, 3.05) is 0 Å². The van der Waals surface area contributed by atoms with Gasteiger partial charge in [-0.25, -0.2) is 9.55 Å². The maximum absolute atomic E-state index is 13.2. The molecule has 3 heterocycles. The molecule has 1 amide bonds. The first-order chi connectivity index (χ1) is 16.9. The van der Waals surface area contributed by atoms with Crippen molar-refractivity contribution in [3.63, 3.8) is 0 Å². The number of carbonyl (C=O) groups excluding carboxylic acids is 2. The van der Waals surface area contributed by atoms with E-state index in [4.69, 9.17) is 4.98 Å². The molecule has 1 aliphatic rings. The van der Waals surface area contributed by atoms with Crippen molar-refractivity contribution in [2.24, 2.45) is 12.5 Å². The molecule has 0 saturated heterocycles. The zero-order valence-electron chi connectivity index (χ0n) is 19.3. The number of aliphatic carboxylic acids is 1. The van der Waals surface area contributed by atoms with E-state index in [9.17, 15) is 14.7 Å². The first-order valence-electron chi connectivity index (χ1n) is 11.4. The van der Waals surface area contributed by atoms with Crippen molar-refractivity contribution < 1.29 is 19.3 Å². The predicted molar refractivity (Wildman–Crippen MR) is 128 cm³/mol. The largest absolute Gasteiger partial charge is 0.550 e. The van der Waals surface area contributed by atoms with Gasteiger partial charge >= 0.3 is 0 Å². The number of carboxylic acids is 1. The Balaban J connectivity index is 1.28. The highest BCUT2D eigenvalue weighted by atomic mass is 32.1. The molecule has 8 nitrogen and oxygen atoms in total. The van der Waals surface area contributed by atoms with Gasteiger partial charge in [-0.05, 0) is 29.5 Å². The molecule has 0 radical (unpaired) electrons. The van der Waals surface area contributed by atoms with E-state index in [0.29, 0.717) is 19.3 Å². The summed E-state index contributed by atoms with van der Waals surface area (Å²) in [6.07, 6.45) is 6.94. The van der Waals surface area contributed by atoms with Gasteiger partial charge < -0.3 is 15.2 Å². The van der Waals surface area contributed by atoms with Crippen LogP contribution in [0.2, 0.25) is 0 Å². The van der Waals surface area contributed by atoms with Gasteiger partial charge in [-0.15, -0.1) is 11.3 Å². The minimum absolute atomic E-state index is 0.233. The minimum Gasteiger partial charge on any atom is -0.550 e. The van der Waals surface area contributed by atoms with Crippen molar-refractivity contribution in [1.29, 1.82) is 0 Å². The third kappa shape index (κ3) is 4.85. The third-order valence-corrected chi connectivity index (χ3v) is 7.36. The maximum Gasteiger partial charge on any atom is 0.227 e. The molecule has 0 bridgehead atoms. The summed E-state index contributed by atoms with van der Waals surface area (Å²) in [7, 11) is 1.98. The van der Waals surface area contributed by atoms with Gasteiger partial charge in [0, 0.05) is 47.6 Å². The number of carbonyl (C=O) groups is 2. The van der Waals surface area contributed by atoms with Gasteiger partial charge in [0.25, 0.3) is 0 Å². The number of benzene rings is 1. The molecule has 1 aromatic carbocycles. The number of H-pyrrole nitrogens is 1. The van der Waals surface area contributed by atoms with Gasteiger partial charge in [-0.3, -0.25) is 9.89 Å². The number of aromatic nitrogens is 4. The number of carboxylic acid groups (broad SMARTS) is 1. The predicted octanol–water partition coefficient (Wildman–Crippen LogP) is 1.49. The van der Waals surface area contributed by atoms with Gasteiger partial charge in [0.2, 0.25) is 5.91 Å². The second-order valence-corrected chi connectivity index (χ2v) is 10.0. The highest BCUT2D eigenvalue weighted by Crippen LogP contribution is 2.40. The molecule has 4 aromatic rings. The number of rotatable bonds is 8. The second-order valence-electron chi connectivity index (χ2n) is 9.07. The number of nitrogens with one attached hydrogen (secondary N) is 2. The number of aryl methyl sites for hydroxylation is 1. The highest BCUT2D eigenvalue weighted by Gasteiger charge is 2.43. The molecular weight excluding hydrogens is 462 g/mol. The first kappa shape index (κ1) is 22.9. The number of hydrogen-bond donors (Lipinski definition) is 2. The summed E-state index contributed by atoms with van der Waals surface area (Å²) in [6.45, 7) is 0.233. The number of thiazole rings is 1. The van der Waals surface area contributed by atoms with Crippen LogP contribution in [0.4, 0.5) is 0 Å². The number of hydrogen-bond acceptors (Lipinski definition) is 6. The monoisotopic (exact) mass is 487 g/mol. The van der Waals surface area contributed by atoms with Crippen LogP contribution >= 0.6 is 11.3 Å². The fraction of sp³-hybridized carbons (Fsp3) is 0.269. The molecule has 0 spiro atoms. The summed E-state index contributed by atoms with van der Waals surface area (Å²) in [5, 5.41) is 24.4. The molecule has 0 atom stereocenters. The Kier molecular flexibility index (Phi) is 6.17. The standard InChI is InChI=1S/C26H25N5O3S/c1-31-8-6-17(7-9-31)10-21-20(14-28-30-21)22-16-35-23(29-22)15-27-25(34)26(13-24(32)33)11-18-4-2-3-5-19(18)12-26/h2-9,14,16H,10-13,15H2,1H3,(H2-,27,28,30,32,33,34). The van der Waals surface area contributed by atoms with Crippen molar-refractivity contribution in [2.45, 2.75) is 32.2 Å². The Morgan fingerprint density at radius 3 is 2.57 bits per heavy atom. The molecule has 0 unspecified atom stereocenters. The van der Waals surface area contributed by atoms with Crippen molar-refractivity contribution in [3.05, 3.63) is 87.8 Å². The van der Waals surface area contributed by atoms with E-state index in [1.165, 1.54) is 11.3 Å². The molecule has 1 aliphatic carbocycles. The topological polar surface area (TPSA) is 115 Å². The maximum atomic E-state index is 13.2. The van der Waals surface area contributed by atoms with E-state index in [-0.39, 0.29) is 18.9 Å². The van der Waals surface area contributed by atoms with Crippen LogP contribution in [0, 0.1) is 5.41 Å². The van der Waals surface area contributed by atoms with Crippen molar-refractivity contribution in [3.8, 4) is 11.3 Å². The van der Waals surface area contributed by atoms with Crippen molar-refractivity contribution in [1.82, 2.24) is 20.5 Å². The Bertz CT molecular complexity index is 1350. The van der Waals surface area contributed by atoms with E-state index in [0.717, 1.165) is 38.6 Å². The Morgan fingerprint density at radius 1 is 1.17 bits per heavy atom. The summed E-state index contributed by atoms with van der Waals surface area (Å²) < 4.78 is 1.99. The van der Waals surface area contributed by atoms with Gasteiger partial charge in [0.15, 0.2) is 12.4 Å². The summed E-state index contributed by atoms with van der Waals surface area (Å²) in [4.78, 5) is 29.4. The lowest BCUT2D eigenvalue weighted by molar-refractivity contribution is -0.671. The van der Waals surface area contributed by atoms with Gasteiger partial charge in [0.05, 0.1) is 23.9 Å². The summed E-state index contributed by atoms with van der Waals surface area (Å²) in [5.74, 6) is -1.50. The SMILES string of the molecule is C[n+]1ccc(Cc2[nH]ncc2-c2csc(CNC(=O)C3(CC(=O)[O-])Cc4ccccc4C3)n2)cc1. The van der Waals surface area contributed by atoms with E-state index in [2.05, 4.69) is 27.6 Å². The summed E-state index contributed by atoms with van der Waals surface area (Å²) >= 11 is 1.45. The van der Waals surface area contributed by atoms with Crippen LogP contribution in [0.1, 0.15) is 33.8 Å². The van der Waals surface area contributed by atoms with Crippen LogP contribution in [0.3, 0.4) is 0 Å². The summed E-state index contributed by atoms with van der Waals surface area (Å²) in [6, 6.07) is 11.8. The molecular formula is C26H25N5O3S. The average molecular weight is 488 g/mol. The van der Waals surface area contributed by atoms with Gasteiger partial charge in [-0.1, -0.05) is 24.3 Å². The minimum atomic E-state index is -1.22. The zero-order chi connectivity index (χ0) is 24.4. The number of aromatic amines is 1. The van der Waals surface area contributed by atoms with Gasteiger partial charge in [0.1, 0.15) is 12.1 Å². The van der Waals surface area contributed by atoms with Crippen LogP contribution in [-0.2, 0) is 42.4 Å². The van der Waals surface area contributed by atoms with Gasteiger partial charge in [-0.2, -0.15) is 5.10 Å². The fourth-order valence-corrected chi connectivity index (χ4v) is 5.45. The van der Waals surface area contributed by atoms with E-state index >= 15 is 0 Å². The zero-order valence-corrected chi connectivity index (χ0v) is 20.1. The molecule has 2 N–H and O–H groups in total. The first-order valence-corrected chi connectivity index (χ1v) is 12.3. The molecule has 5 rings (SSSR count). The fourth-order valence-electron chi connectivity index (χ4n) is 4.72. The van der Waals surface area contributed by atoms with Crippen LogP contribution in [0.25, 0.3) is 11.3 Å². The molecule has 35 heavy (non-hydrogen) atoms. The molecule has 0 saturated carbocycles. The van der Waals surface area contributed by atoms with Crippen LogP contribution in [0.15, 0.2) is 60.4 Å². The Morgan fingerprint density at radius 2 is 1.89 bits per heavy atom. The average Bonchev–Trinajstić information content (AvgIpc) is 3.56. The van der Waals surface area contributed by atoms with E-state index in [1.54, 1.807) is 6.20 Å². The molecule has 9 heteroatoms.